The van der Waals surface area contributed by atoms with Crippen molar-refractivity contribution in [1.82, 2.24) is 15.1 Å². The van der Waals surface area contributed by atoms with Gasteiger partial charge in [-0.3, -0.25) is 24.6 Å². The predicted molar refractivity (Wildman–Crippen MR) is 99.9 cm³/mol. The van der Waals surface area contributed by atoms with Crippen LogP contribution in [0.3, 0.4) is 0 Å². The lowest BCUT2D eigenvalue weighted by atomic mass is 9.97. The maximum Gasteiger partial charge on any atom is 0.404 e. The maximum atomic E-state index is 13.4. The van der Waals surface area contributed by atoms with E-state index in [1.807, 2.05) is 0 Å². The summed E-state index contributed by atoms with van der Waals surface area (Å²) in [5.41, 5.74) is 7.67. The molecule has 0 saturated carbocycles. The topological polar surface area (TPSA) is 95.7 Å². The van der Waals surface area contributed by atoms with Crippen molar-refractivity contribution in [3.63, 3.8) is 0 Å². The zero-order valence-corrected chi connectivity index (χ0v) is 16.2. The Morgan fingerprint density at radius 2 is 1.90 bits per heavy atom. The van der Waals surface area contributed by atoms with E-state index in [4.69, 9.17) is 5.73 Å². The first-order chi connectivity index (χ1) is 14.1. The third-order valence-electron chi connectivity index (χ3n) is 6.07. The van der Waals surface area contributed by atoms with Crippen LogP contribution < -0.4 is 11.1 Å². The number of alkyl halides is 3. The van der Waals surface area contributed by atoms with Crippen LogP contribution in [0.5, 0.6) is 0 Å². The van der Waals surface area contributed by atoms with Gasteiger partial charge in [-0.15, -0.1) is 0 Å². The molecule has 3 N–H and O–H groups in total. The molecule has 10 heteroatoms. The summed E-state index contributed by atoms with van der Waals surface area (Å²) in [6.45, 7) is 0.427. The molecule has 3 aliphatic rings. The Kier molecular flexibility index (Phi) is 5.31. The fourth-order valence-electron chi connectivity index (χ4n) is 4.58. The van der Waals surface area contributed by atoms with E-state index >= 15 is 0 Å². The van der Waals surface area contributed by atoms with Crippen LogP contribution in [0.25, 0.3) is 0 Å². The first kappa shape index (κ1) is 20.8. The first-order valence-corrected chi connectivity index (χ1v) is 9.96. The first-order valence-electron chi connectivity index (χ1n) is 9.96. The standard InChI is InChI=1S/C20H23F3N4O3/c21-20(22,23)16-5-2-13(24)10-26(16)8-11-1-3-14-12(7-11)9-27(19(14)30)15-4-6-17(28)25-18(15)29/h1,3,7,13,15-16H,2,4-6,8-10,24H2,(H,25,28,29). The van der Waals surface area contributed by atoms with Crippen molar-refractivity contribution in [3.8, 4) is 0 Å². The van der Waals surface area contributed by atoms with Crippen LogP contribution in [0, 0.1) is 0 Å². The van der Waals surface area contributed by atoms with Gasteiger partial charge < -0.3 is 10.6 Å². The molecule has 0 radical (unpaired) electrons. The van der Waals surface area contributed by atoms with Gasteiger partial charge in [-0.2, -0.15) is 13.2 Å². The lowest BCUT2D eigenvalue weighted by Gasteiger charge is -2.39. The summed E-state index contributed by atoms with van der Waals surface area (Å²) in [4.78, 5) is 39.0. The number of carbonyl (C=O) groups excluding carboxylic acids is 3. The molecule has 3 aliphatic heterocycles. The number of carbonyl (C=O) groups is 3. The Hall–Kier alpha value is -2.46. The monoisotopic (exact) mass is 424 g/mol. The SMILES string of the molecule is NC1CCC(C(F)(F)F)N(Cc2ccc3c(c2)CN(C2CCC(=O)NC2=O)C3=O)C1. The summed E-state index contributed by atoms with van der Waals surface area (Å²) >= 11 is 0. The van der Waals surface area contributed by atoms with E-state index in [1.165, 1.54) is 9.80 Å². The van der Waals surface area contributed by atoms with Crippen molar-refractivity contribution < 1.29 is 27.6 Å². The van der Waals surface area contributed by atoms with Gasteiger partial charge in [0.05, 0.1) is 0 Å². The van der Waals surface area contributed by atoms with Crippen LogP contribution in [-0.2, 0) is 22.7 Å². The van der Waals surface area contributed by atoms with Gasteiger partial charge in [-0.1, -0.05) is 12.1 Å². The number of nitrogens with zero attached hydrogens (tertiary/aromatic N) is 2. The second-order valence-electron chi connectivity index (χ2n) is 8.22. The maximum absolute atomic E-state index is 13.4. The molecule has 1 aromatic carbocycles. The number of benzene rings is 1. The minimum absolute atomic E-state index is 0.0304. The number of likely N-dealkylation sites (tertiary alicyclic amines) is 1. The molecule has 0 aromatic heterocycles. The number of rotatable bonds is 3. The molecule has 1 aromatic rings. The highest BCUT2D eigenvalue weighted by Crippen LogP contribution is 2.34. The van der Waals surface area contributed by atoms with Crippen LogP contribution in [0.2, 0.25) is 0 Å². The Morgan fingerprint density at radius 1 is 1.13 bits per heavy atom. The molecular weight excluding hydrogens is 401 g/mol. The largest absolute Gasteiger partial charge is 0.404 e. The molecule has 3 heterocycles. The molecule has 4 rings (SSSR count). The second kappa shape index (κ2) is 7.66. The third-order valence-corrected chi connectivity index (χ3v) is 6.07. The average molecular weight is 424 g/mol. The summed E-state index contributed by atoms with van der Waals surface area (Å²) < 4.78 is 40.3. The molecule has 30 heavy (non-hydrogen) atoms. The number of imide groups is 1. The molecule has 3 atom stereocenters. The number of nitrogens with two attached hydrogens (primary N) is 1. The summed E-state index contributed by atoms with van der Waals surface area (Å²) in [6.07, 6.45) is -3.60. The van der Waals surface area contributed by atoms with Crippen LogP contribution in [0.1, 0.15) is 47.2 Å². The summed E-state index contributed by atoms with van der Waals surface area (Å²) in [7, 11) is 0. The van der Waals surface area contributed by atoms with Crippen LogP contribution >= 0.6 is 0 Å². The van der Waals surface area contributed by atoms with Gasteiger partial charge in [-0.25, -0.2) is 0 Å². The zero-order chi connectivity index (χ0) is 21.6. The molecule has 3 unspecified atom stereocenters. The normalized spacial score (nSPS) is 27.9. The minimum atomic E-state index is -4.32. The Morgan fingerprint density at radius 3 is 2.60 bits per heavy atom. The number of fused-ring (bicyclic) bond motifs is 1. The second-order valence-corrected chi connectivity index (χ2v) is 8.22. The number of halogens is 3. The Bertz CT molecular complexity index is 889. The highest BCUT2D eigenvalue weighted by Gasteiger charge is 2.46. The molecule has 0 spiro atoms. The number of piperidine rings is 2. The van der Waals surface area contributed by atoms with E-state index < -0.39 is 24.2 Å². The molecule has 162 valence electrons. The van der Waals surface area contributed by atoms with Crippen molar-refractivity contribution in [3.05, 3.63) is 34.9 Å². The van der Waals surface area contributed by atoms with E-state index in [1.54, 1.807) is 18.2 Å². The lowest BCUT2D eigenvalue weighted by Crippen LogP contribution is -2.54. The summed E-state index contributed by atoms with van der Waals surface area (Å²) in [5, 5.41) is 2.25. The van der Waals surface area contributed by atoms with E-state index in [0.29, 0.717) is 23.1 Å². The van der Waals surface area contributed by atoms with Crippen LogP contribution in [0.4, 0.5) is 13.2 Å². The number of hydrogen-bond donors (Lipinski definition) is 2. The van der Waals surface area contributed by atoms with E-state index in [9.17, 15) is 27.6 Å². The fourth-order valence-corrected chi connectivity index (χ4v) is 4.58. The van der Waals surface area contributed by atoms with Crippen LogP contribution in [-0.4, -0.2) is 58.4 Å². The smallest absolute Gasteiger partial charge is 0.327 e. The highest BCUT2D eigenvalue weighted by molar-refractivity contribution is 6.05. The average Bonchev–Trinajstić information content (AvgIpc) is 2.97. The van der Waals surface area contributed by atoms with Crippen molar-refractivity contribution in [2.24, 2.45) is 5.73 Å². The van der Waals surface area contributed by atoms with Gasteiger partial charge in [0.2, 0.25) is 11.8 Å². The molecule has 7 nitrogen and oxygen atoms in total. The summed E-state index contributed by atoms with van der Waals surface area (Å²) in [6, 6.07) is 2.42. The molecule has 3 amide bonds. The van der Waals surface area contributed by atoms with E-state index in [-0.39, 0.29) is 56.8 Å². The zero-order valence-electron chi connectivity index (χ0n) is 16.2. The number of amides is 3. The molecule has 2 saturated heterocycles. The molecule has 0 aliphatic carbocycles. The van der Waals surface area contributed by atoms with Crippen molar-refractivity contribution in [2.45, 2.75) is 63.1 Å². The Labute approximate surface area is 171 Å². The van der Waals surface area contributed by atoms with E-state index in [2.05, 4.69) is 5.32 Å². The minimum Gasteiger partial charge on any atom is -0.327 e. The number of hydrogen-bond acceptors (Lipinski definition) is 5. The predicted octanol–water partition coefficient (Wildman–Crippen LogP) is 1.30. The lowest BCUT2D eigenvalue weighted by molar-refractivity contribution is -0.193. The fraction of sp³-hybridized carbons (Fsp3) is 0.550. The summed E-state index contributed by atoms with van der Waals surface area (Å²) in [5.74, 6) is -1.16. The van der Waals surface area contributed by atoms with Gasteiger partial charge in [0.1, 0.15) is 12.1 Å². The van der Waals surface area contributed by atoms with Crippen molar-refractivity contribution in [1.29, 1.82) is 0 Å². The highest BCUT2D eigenvalue weighted by atomic mass is 19.4. The molecular formula is C20H23F3N4O3. The van der Waals surface area contributed by atoms with Crippen molar-refractivity contribution in [2.75, 3.05) is 6.54 Å². The van der Waals surface area contributed by atoms with Gasteiger partial charge >= 0.3 is 6.18 Å². The van der Waals surface area contributed by atoms with Gasteiger partial charge in [-0.05, 0) is 36.5 Å². The Balaban J connectivity index is 1.51. The van der Waals surface area contributed by atoms with E-state index in [0.717, 1.165) is 0 Å². The van der Waals surface area contributed by atoms with Gasteiger partial charge in [0.25, 0.3) is 5.91 Å². The van der Waals surface area contributed by atoms with Gasteiger partial charge in [0.15, 0.2) is 0 Å². The number of nitrogens with one attached hydrogen (secondary N) is 1. The van der Waals surface area contributed by atoms with Crippen molar-refractivity contribution >= 4 is 17.7 Å². The molecule has 2 fully saturated rings. The quantitative estimate of drug-likeness (QED) is 0.714. The molecule has 0 bridgehead atoms. The third kappa shape index (κ3) is 3.93. The van der Waals surface area contributed by atoms with Crippen LogP contribution in [0.15, 0.2) is 18.2 Å². The van der Waals surface area contributed by atoms with Gasteiger partial charge in [0, 0.05) is 37.7 Å².